The minimum absolute atomic E-state index is 0.571. The van der Waals surface area contributed by atoms with Gasteiger partial charge < -0.3 is 0 Å². The fourth-order valence-electron chi connectivity index (χ4n) is 2.74. The average molecular weight is 307 g/mol. The van der Waals surface area contributed by atoms with Gasteiger partial charge in [-0.05, 0) is 72.2 Å². The van der Waals surface area contributed by atoms with Crippen LogP contribution in [0.2, 0.25) is 0 Å². The van der Waals surface area contributed by atoms with E-state index < -0.39 is 0 Å². The Morgan fingerprint density at radius 2 is 0.850 bits per heavy atom. The van der Waals surface area contributed by atoms with E-state index in [1.807, 2.05) is 0 Å². The molecule has 0 saturated heterocycles. The summed E-state index contributed by atoms with van der Waals surface area (Å²) in [6.07, 6.45) is 0. The minimum Gasteiger partial charge on any atom is -0.122 e. The molecular weight excluding hydrogens is 287 g/mol. The summed E-state index contributed by atoms with van der Waals surface area (Å²) in [5.41, 5.74) is 10.0. The molecule has 106 valence electrons. The lowest BCUT2D eigenvalue weighted by Gasteiger charge is -2.14. The van der Waals surface area contributed by atoms with Gasteiger partial charge in [-0.15, -0.1) is 23.2 Å². The van der Waals surface area contributed by atoms with Gasteiger partial charge in [0.2, 0.25) is 0 Å². The SMILES string of the molecule is Cc1cc(-c2cc(C)c(CCl)c(C)c2)cc(C)c1CCl. The third-order valence-corrected chi connectivity index (χ3v) is 4.53. The van der Waals surface area contributed by atoms with Gasteiger partial charge in [-0.1, -0.05) is 24.3 Å². The van der Waals surface area contributed by atoms with Crippen molar-refractivity contribution < 1.29 is 0 Å². The Morgan fingerprint density at radius 1 is 0.600 bits per heavy atom. The van der Waals surface area contributed by atoms with Crippen molar-refractivity contribution in [2.45, 2.75) is 39.5 Å². The van der Waals surface area contributed by atoms with E-state index in [1.54, 1.807) is 0 Å². The molecule has 0 nitrogen and oxygen atoms in total. The number of hydrogen-bond donors (Lipinski definition) is 0. The van der Waals surface area contributed by atoms with Crippen LogP contribution < -0.4 is 0 Å². The topological polar surface area (TPSA) is 0 Å². The summed E-state index contributed by atoms with van der Waals surface area (Å²) in [7, 11) is 0. The van der Waals surface area contributed by atoms with Gasteiger partial charge in [-0.2, -0.15) is 0 Å². The van der Waals surface area contributed by atoms with Crippen LogP contribution in [0.4, 0.5) is 0 Å². The molecule has 2 aromatic rings. The molecule has 0 aliphatic rings. The van der Waals surface area contributed by atoms with Crippen LogP contribution in [0.15, 0.2) is 24.3 Å². The molecule has 2 rings (SSSR count). The summed E-state index contributed by atoms with van der Waals surface area (Å²) in [6.45, 7) is 8.50. The molecule has 0 fully saturated rings. The first kappa shape index (κ1) is 15.4. The molecule has 0 unspecified atom stereocenters. The number of hydrogen-bond acceptors (Lipinski definition) is 0. The molecule has 2 aromatic carbocycles. The van der Waals surface area contributed by atoms with Crippen LogP contribution >= 0.6 is 23.2 Å². The van der Waals surface area contributed by atoms with Crippen molar-refractivity contribution in [1.29, 1.82) is 0 Å². The molecule has 0 heterocycles. The van der Waals surface area contributed by atoms with Crippen LogP contribution in [0.5, 0.6) is 0 Å². The van der Waals surface area contributed by atoms with Crippen molar-refractivity contribution in [3.8, 4) is 11.1 Å². The summed E-state index contributed by atoms with van der Waals surface area (Å²) < 4.78 is 0. The number of halogens is 2. The Morgan fingerprint density at radius 3 is 1.05 bits per heavy atom. The fourth-order valence-corrected chi connectivity index (χ4v) is 3.58. The van der Waals surface area contributed by atoms with E-state index in [9.17, 15) is 0 Å². The molecule has 0 radical (unpaired) electrons. The molecule has 0 atom stereocenters. The first-order chi connectivity index (χ1) is 9.47. The molecule has 0 spiro atoms. The zero-order chi connectivity index (χ0) is 14.9. The summed E-state index contributed by atoms with van der Waals surface area (Å²) >= 11 is 12.0. The van der Waals surface area contributed by atoms with Crippen molar-refractivity contribution >= 4 is 23.2 Å². The van der Waals surface area contributed by atoms with Gasteiger partial charge >= 0.3 is 0 Å². The zero-order valence-electron chi connectivity index (χ0n) is 12.5. The maximum absolute atomic E-state index is 6.01. The average Bonchev–Trinajstić information content (AvgIpc) is 2.37. The second-order valence-electron chi connectivity index (χ2n) is 5.44. The van der Waals surface area contributed by atoms with Gasteiger partial charge in [-0.3, -0.25) is 0 Å². The number of rotatable bonds is 3. The molecular formula is C18H20Cl2. The lowest BCUT2D eigenvalue weighted by atomic mass is 9.93. The van der Waals surface area contributed by atoms with Gasteiger partial charge in [0.05, 0.1) is 0 Å². The highest BCUT2D eigenvalue weighted by atomic mass is 35.5. The molecule has 0 N–H and O–H groups in total. The second kappa shape index (κ2) is 6.20. The zero-order valence-corrected chi connectivity index (χ0v) is 14.0. The van der Waals surface area contributed by atoms with Crippen molar-refractivity contribution in [2.24, 2.45) is 0 Å². The van der Waals surface area contributed by atoms with Gasteiger partial charge in [0.1, 0.15) is 0 Å². The highest BCUT2D eigenvalue weighted by Gasteiger charge is 2.09. The largest absolute Gasteiger partial charge is 0.122 e. The Kier molecular flexibility index (Phi) is 4.78. The van der Waals surface area contributed by atoms with Crippen LogP contribution in [-0.2, 0) is 11.8 Å². The van der Waals surface area contributed by atoms with E-state index in [0.29, 0.717) is 11.8 Å². The number of aryl methyl sites for hydroxylation is 4. The molecule has 0 aliphatic carbocycles. The number of benzene rings is 2. The molecule has 0 bridgehead atoms. The van der Waals surface area contributed by atoms with Crippen molar-refractivity contribution in [2.75, 3.05) is 0 Å². The van der Waals surface area contributed by atoms with Crippen LogP contribution in [-0.4, -0.2) is 0 Å². The Hall–Kier alpha value is -0.980. The molecule has 0 saturated carbocycles. The van der Waals surface area contributed by atoms with Gasteiger partial charge in [0.15, 0.2) is 0 Å². The minimum atomic E-state index is 0.571. The standard InChI is InChI=1S/C18H20Cl2/c1-11-5-15(6-12(2)17(11)9-19)16-7-13(3)18(10-20)14(4)8-16/h5-8H,9-10H2,1-4H3. The molecule has 2 heteroatoms. The summed E-state index contributed by atoms with van der Waals surface area (Å²) in [6, 6.07) is 8.89. The Bertz CT molecular complexity index is 538. The molecule has 0 aliphatic heterocycles. The van der Waals surface area contributed by atoms with Gasteiger partial charge in [0, 0.05) is 11.8 Å². The first-order valence-electron chi connectivity index (χ1n) is 6.80. The highest BCUT2D eigenvalue weighted by Crippen LogP contribution is 2.29. The van der Waals surface area contributed by atoms with Crippen LogP contribution in [0.3, 0.4) is 0 Å². The van der Waals surface area contributed by atoms with E-state index in [1.165, 1.54) is 44.5 Å². The monoisotopic (exact) mass is 306 g/mol. The van der Waals surface area contributed by atoms with Crippen LogP contribution in [0.25, 0.3) is 11.1 Å². The smallest absolute Gasteiger partial charge is 0.0479 e. The normalized spacial score (nSPS) is 10.9. The first-order valence-corrected chi connectivity index (χ1v) is 7.87. The second-order valence-corrected chi connectivity index (χ2v) is 5.98. The molecule has 0 aromatic heterocycles. The summed E-state index contributed by atoms with van der Waals surface area (Å²) in [5.74, 6) is 1.14. The molecule has 0 amide bonds. The van der Waals surface area contributed by atoms with Crippen molar-refractivity contribution in [3.63, 3.8) is 0 Å². The summed E-state index contributed by atoms with van der Waals surface area (Å²) in [5, 5.41) is 0. The van der Waals surface area contributed by atoms with Crippen LogP contribution in [0, 0.1) is 27.7 Å². The fraction of sp³-hybridized carbons (Fsp3) is 0.333. The maximum Gasteiger partial charge on any atom is 0.0479 e. The van der Waals surface area contributed by atoms with E-state index in [-0.39, 0.29) is 0 Å². The predicted octanol–water partition coefficient (Wildman–Crippen LogP) is 6.06. The lowest BCUT2D eigenvalue weighted by Crippen LogP contribution is -1.95. The predicted molar refractivity (Wildman–Crippen MR) is 89.9 cm³/mol. The van der Waals surface area contributed by atoms with Crippen molar-refractivity contribution in [3.05, 3.63) is 57.6 Å². The van der Waals surface area contributed by atoms with E-state index >= 15 is 0 Å². The highest BCUT2D eigenvalue weighted by molar-refractivity contribution is 6.17. The molecule has 20 heavy (non-hydrogen) atoms. The maximum atomic E-state index is 6.01. The van der Waals surface area contributed by atoms with E-state index in [2.05, 4.69) is 52.0 Å². The Labute approximate surface area is 131 Å². The van der Waals surface area contributed by atoms with Crippen LogP contribution in [0.1, 0.15) is 33.4 Å². The Balaban J connectivity index is 2.58. The van der Waals surface area contributed by atoms with Crippen molar-refractivity contribution in [1.82, 2.24) is 0 Å². The van der Waals surface area contributed by atoms with Gasteiger partial charge in [0.25, 0.3) is 0 Å². The van der Waals surface area contributed by atoms with E-state index in [4.69, 9.17) is 23.2 Å². The van der Waals surface area contributed by atoms with E-state index in [0.717, 1.165) is 0 Å². The lowest BCUT2D eigenvalue weighted by molar-refractivity contribution is 1.22. The summed E-state index contributed by atoms with van der Waals surface area (Å²) in [4.78, 5) is 0. The third kappa shape index (κ3) is 2.87. The van der Waals surface area contributed by atoms with Gasteiger partial charge in [-0.25, -0.2) is 0 Å². The quantitative estimate of drug-likeness (QED) is 0.604. The third-order valence-electron chi connectivity index (χ3n) is 3.99. The number of alkyl halides is 2.